The summed E-state index contributed by atoms with van der Waals surface area (Å²) in [6.45, 7) is 9.27. The zero-order valence-electron chi connectivity index (χ0n) is 25.3. The summed E-state index contributed by atoms with van der Waals surface area (Å²) in [6, 6.07) is 5.52. The van der Waals surface area contributed by atoms with Gasteiger partial charge in [-0.3, -0.25) is 5.32 Å². The number of aliphatic hydroxyl groups is 3. The van der Waals surface area contributed by atoms with Crippen LogP contribution < -0.4 is 21.1 Å². The molecule has 2 heterocycles. The third kappa shape index (κ3) is 11.7. The van der Waals surface area contributed by atoms with Crippen LogP contribution in [0.4, 0.5) is 0 Å². The van der Waals surface area contributed by atoms with Gasteiger partial charge in [0, 0.05) is 19.5 Å². The maximum Gasteiger partial charge on any atom is 0.196 e. The van der Waals surface area contributed by atoms with E-state index in [1.165, 1.54) is 25.7 Å². The smallest absolute Gasteiger partial charge is 0.196 e. The number of aliphatic hydroxyl groups excluding tert-OH is 1. The Morgan fingerprint density at radius 3 is 2.76 bits per heavy atom. The Balaban J connectivity index is 1.45. The highest BCUT2D eigenvalue weighted by Crippen LogP contribution is 2.30. The highest BCUT2D eigenvalue weighted by Gasteiger charge is 2.32. The van der Waals surface area contributed by atoms with Gasteiger partial charge in [-0.1, -0.05) is 32.3 Å². The van der Waals surface area contributed by atoms with Crippen molar-refractivity contribution in [2.24, 2.45) is 16.6 Å². The minimum Gasteiger partial charge on any atom is -0.504 e. The zero-order chi connectivity index (χ0) is 29.5. The fourth-order valence-electron chi connectivity index (χ4n) is 5.11. The summed E-state index contributed by atoms with van der Waals surface area (Å²) in [5, 5.41) is 26.7. The number of rotatable bonds is 21. The van der Waals surface area contributed by atoms with Gasteiger partial charge in [0.15, 0.2) is 23.2 Å². The van der Waals surface area contributed by atoms with Crippen molar-refractivity contribution in [1.82, 2.24) is 10.6 Å². The predicted octanol–water partition coefficient (Wildman–Crippen LogP) is 4.13. The third-order valence-corrected chi connectivity index (χ3v) is 7.59. The van der Waals surface area contributed by atoms with Crippen molar-refractivity contribution in [1.29, 1.82) is 0 Å². The van der Waals surface area contributed by atoms with Crippen LogP contribution in [0.2, 0.25) is 0 Å². The van der Waals surface area contributed by atoms with Gasteiger partial charge >= 0.3 is 0 Å². The second kappa shape index (κ2) is 18.1. The number of nitrogens with two attached hydrogens (primary N) is 1. The van der Waals surface area contributed by atoms with Crippen molar-refractivity contribution in [2.75, 3.05) is 32.8 Å². The van der Waals surface area contributed by atoms with Gasteiger partial charge in [-0.15, -0.1) is 17.1 Å². The van der Waals surface area contributed by atoms with E-state index in [9.17, 15) is 10.2 Å². The Hall–Kier alpha value is -2.49. The van der Waals surface area contributed by atoms with Crippen LogP contribution in [-0.2, 0) is 6.42 Å². The van der Waals surface area contributed by atoms with Crippen LogP contribution in [0.15, 0.2) is 47.1 Å². The van der Waals surface area contributed by atoms with Crippen LogP contribution in [-0.4, -0.2) is 72.2 Å². The third-order valence-electron chi connectivity index (χ3n) is 7.59. The van der Waals surface area contributed by atoms with E-state index in [4.69, 9.17) is 15.2 Å². The molecule has 8 heteroatoms. The molecule has 3 rings (SSSR count). The average Bonchev–Trinajstić information content (AvgIpc) is 3.63. The largest absolute Gasteiger partial charge is 0.504 e. The molecule has 0 aromatic heterocycles. The first kappa shape index (κ1) is 33.0. The Morgan fingerprint density at radius 1 is 1.17 bits per heavy atom. The SMILES string of the molecule is CCN[C@@H](COc1cc(CC[C-]2C=CC(CCCCCCCN)[OH+]2)ccc1O)C1=C[C+]([C@H](C)CNC[C@H](C)O)C=N1. The Labute approximate surface area is 247 Å². The number of aryl methyl sites for hydroxylation is 1. The first-order chi connectivity index (χ1) is 19.9. The van der Waals surface area contributed by atoms with Gasteiger partial charge in [-0.2, -0.15) is 0 Å². The minimum absolute atomic E-state index is 0.0926. The lowest BCUT2D eigenvalue weighted by molar-refractivity contribution is -0.0482. The molecule has 1 aromatic carbocycles. The molecule has 7 N–H and O–H groups in total. The predicted molar refractivity (Wildman–Crippen MR) is 168 cm³/mol. The fourth-order valence-corrected chi connectivity index (χ4v) is 5.11. The summed E-state index contributed by atoms with van der Waals surface area (Å²) in [5.74, 6) is 2.06. The molecule has 2 aliphatic rings. The molecule has 4 atom stereocenters. The quantitative estimate of drug-likeness (QED) is 0.0862. The number of hydrogen-bond donors (Lipinski definition) is 5. The van der Waals surface area contributed by atoms with Crippen LogP contribution in [0, 0.1) is 17.9 Å². The number of phenolic OH excluding ortho intramolecular Hbond substituents is 1. The van der Waals surface area contributed by atoms with Gasteiger partial charge < -0.3 is 30.7 Å². The number of nitrogens with one attached hydrogen (secondary N) is 2. The monoisotopic (exact) mass is 569 g/mol. The van der Waals surface area contributed by atoms with Gasteiger partial charge in [0.05, 0.1) is 18.1 Å². The molecule has 1 unspecified atom stereocenters. The van der Waals surface area contributed by atoms with E-state index in [1.54, 1.807) is 13.0 Å². The standard InChI is InChI=1S/C33H52N4O4/c1-4-36-31(30-19-27(22-37-30)24(2)20-35-21-25(3)38)23-40-33-18-26(12-16-32(33)39)11-13-29-15-14-28(41-29)10-8-6-5-7-9-17-34/h12,14-16,18-19,22,24-25,28,31,35-36,38,41H,4-11,13,17,20-21,23,34H2,1-3H3/p+1/t24-,25+,28?,31+/m1/s1. The van der Waals surface area contributed by atoms with E-state index in [0.717, 1.165) is 68.6 Å². The topological polar surface area (TPSA) is 125 Å². The van der Waals surface area contributed by atoms with Gasteiger partial charge in [0.2, 0.25) is 0 Å². The van der Waals surface area contributed by atoms with Crippen molar-refractivity contribution >= 4 is 6.21 Å². The number of benzene rings is 1. The zero-order valence-corrected chi connectivity index (χ0v) is 25.3. The Bertz CT molecular complexity index is 980. The summed E-state index contributed by atoms with van der Waals surface area (Å²) in [7, 11) is 0. The molecule has 0 saturated heterocycles. The van der Waals surface area contributed by atoms with Gasteiger partial charge in [0.1, 0.15) is 30.9 Å². The maximum absolute atomic E-state index is 10.5. The number of aromatic hydroxyl groups is 1. The molecular formula is C33H53N4O4+. The van der Waals surface area contributed by atoms with Gasteiger partial charge in [0.25, 0.3) is 0 Å². The first-order valence-electron chi connectivity index (χ1n) is 15.5. The van der Waals surface area contributed by atoms with Crippen LogP contribution in [0.5, 0.6) is 11.5 Å². The molecule has 0 amide bonds. The van der Waals surface area contributed by atoms with Crippen molar-refractivity contribution < 1.29 is 19.7 Å². The van der Waals surface area contributed by atoms with E-state index in [0.29, 0.717) is 25.0 Å². The number of hydrogen-bond acceptors (Lipinski definition) is 7. The summed E-state index contributed by atoms with van der Waals surface area (Å²) in [5.41, 5.74) is 7.61. The highest BCUT2D eigenvalue weighted by atomic mass is 16.5. The summed E-state index contributed by atoms with van der Waals surface area (Å²) >= 11 is 0. The highest BCUT2D eigenvalue weighted by molar-refractivity contribution is 5.83. The van der Waals surface area contributed by atoms with Crippen molar-refractivity contribution in [3.63, 3.8) is 0 Å². The fraction of sp³-hybridized carbons (Fsp3) is 0.606. The molecule has 1 aromatic rings. The second-order valence-corrected chi connectivity index (χ2v) is 11.4. The van der Waals surface area contributed by atoms with Gasteiger partial charge in [-0.05, 0) is 70.3 Å². The number of aliphatic imine (C=N–C) groups is 1. The Kier molecular flexibility index (Phi) is 14.6. The molecule has 0 aliphatic carbocycles. The number of ether oxygens (including phenoxy) is 2. The van der Waals surface area contributed by atoms with Crippen molar-refractivity contribution in [3.05, 3.63) is 59.7 Å². The Morgan fingerprint density at radius 2 is 1.98 bits per heavy atom. The summed E-state index contributed by atoms with van der Waals surface area (Å²) < 4.78 is 11.0. The lowest BCUT2D eigenvalue weighted by atomic mass is 9.95. The molecule has 228 valence electrons. The first-order valence-corrected chi connectivity index (χ1v) is 15.5. The lowest BCUT2D eigenvalue weighted by Gasteiger charge is -2.18. The number of nitrogens with zero attached hydrogens (tertiary/aromatic N) is 1. The minimum atomic E-state index is -0.363. The molecule has 0 spiro atoms. The van der Waals surface area contributed by atoms with E-state index in [2.05, 4.69) is 47.7 Å². The molecule has 0 bridgehead atoms. The molecule has 0 radical (unpaired) electrons. The van der Waals surface area contributed by atoms with E-state index < -0.39 is 0 Å². The van der Waals surface area contributed by atoms with Crippen LogP contribution in [0.3, 0.4) is 0 Å². The van der Waals surface area contributed by atoms with Crippen LogP contribution in [0.25, 0.3) is 0 Å². The maximum atomic E-state index is 10.5. The van der Waals surface area contributed by atoms with Crippen molar-refractivity contribution in [2.45, 2.75) is 90.4 Å². The summed E-state index contributed by atoms with van der Waals surface area (Å²) in [6.07, 6.45) is 18.5. The number of phenols is 1. The van der Waals surface area contributed by atoms with E-state index >= 15 is 0 Å². The van der Waals surface area contributed by atoms with Crippen molar-refractivity contribution in [3.8, 4) is 11.5 Å². The van der Waals surface area contributed by atoms with Gasteiger partial charge in [-0.25, -0.2) is 0 Å². The molecule has 0 saturated carbocycles. The number of likely N-dealkylation sites (N-methyl/N-ethyl adjacent to an activating group) is 1. The molecule has 8 nitrogen and oxygen atoms in total. The van der Waals surface area contributed by atoms with E-state index in [-0.39, 0.29) is 23.8 Å². The summed E-state index contributed by atoms with van der Waals surface area (Å²) in [4.78, 5) is 4.66. The van der Waals surface area contributed by atoms with E-state index in [1.807, 2.05) is 18.3 Å². The second-order valence-electron chi connectivity index (χ2n) is 11.4. The lowest BCUT2D eigenvalue weighted by Crippen LogP contribution is -2.35. The molecule has 2 aliphatic heterocycles. The molecular weight excluding hydrogens is 516 g/mol. The molecule has 41 heavy (non-hydrogen) atoms. The normalized spacial score (nSPS) is 18.7. The van der Waals surface area contributed by atoms with Crippen LogP contribution >= 0.6 is 0 Å². The number of allylic oxidation sites excluding steroid dienone is 1. The molecule has 0 fully saturated rings. The average molecular weight is 570 g/mol. The number of unbranched alkanes of at least 4 members (excludes halogenated alkanes) is 4. The van der Waals surface area contributed by atoms with Crippen LogP contribution in [0.1, 0.15) is 71.3 Å².